The lowest BCUT2D eigenvalue weighted by molar-refractivity contribution is -0.140. The highest BCUT2D eigenvalue weighted by atomic mass is 19.1. The first kappa shape index (κ1) is 24.3. The van der Waals surface area contributed by atoms with Crippen molar-refractivity contribution < 1.29 is 23.8 Å². The Morgan fingerprint density at radius 1 is 0.973 bits per heavy atom. The number of Topliss-reactive ketones (excluding diaryl/α,β-unsaturated/α-hetero) is 1. The number of halogens is 1. The number of amides is 1. The molecule has 1 N–H and O–H groups in total. The molecule has 0 radical (unpaired) electrons. The minimum absolute atomic E-state index is 0.0204. The molecule has 1 fully saturated rings. The average molecular weight is 496 g/mol. The lowest BCUT2D eigenvalue weighted by Crippen LogP contribution is -2.29. The molecular formula is C31H26FNO4. The molecule has 4 aromatic carbocycles. The Bertz CT molecular complexity index is 1540. The maximum absolute atomic E-state index is 13.5. The van der Waals surface area contributed by atoms with Gasteiger partial charge in [0.1, 0.15) is 17.3 Å². The molecule has 5 rings (SSSR count). The van der Waals surface area contributed by atoms with E-state index in [0.717, 1.165) is 21.9 Å². The monoisotopic (exact) mass is 495 g/mol. The predicted octanol–water partition coefficient (Wildman–Crippen LogP) is 6.31. The summed E-state index contributed by atoms with van der Waals surface area (Å²) < 4.78 is 19.1. The molecule has 0 saturated carbocycles. The molecule has 37 heavy (non-hydrogen) atoms. The number of benzene rings is 4. The quantitative estimate of drug-likeness (QED) is 0.193. The van der Waals surface area contributed by atoms with Gasteiger partial charge in [0.05, 0.1) is 18.2 Å². The van der Waals surface area contributed by atoms with Gasteiger partial charge in [-0.15, -0.1) is 0 Å². The van der Waals surface area contributed by atoms with Gasteiger partial charge in [-0.05, 0) is 71.6 Å². The van der Waals surface area contributed by atoms with E-state index >= 15 is 0 Å². The molecular weight excluding hydrogens is 469 g/mol. The summed E-state index contributed by atoms with van der Waals surface area (Å²) in [5.41, 5.74) is 2.64. The van der Waals surface area contributed by atoms with Gasteiger partial charge in [-0.1, -0.05) is 54.6 Å². The van der Waals surface area contributed by atoms with Crippen LogP contribution >= 0.6 is 0 Å². The van der Waals surface area contributed by atoms with E-state index in [-0.39, 0.29) is 23.7 Å². The number of fused-ring (bicyclic) bond motifs is 1. The summed E-state index contributed by atoms with van der Waals surface area (Å²) in [6.45, 7) is 4.33. The number of aliphatic hydroxyl groups is 1. The molecule has 1 unspecified atom stereocenters. The Labute approximate surface area is 214 Å². The lowest BCUT2D eigenvalue weighted by Gasteiger charge is -2.26. The van der Waals surface area contributed by atoms with E-state index < -0.39 is 17.7 Å². The zero-order valence-electron chi connectivity index (χ0n) is 20.6. The second kappa shape index (κ2) is 9.90. The summed E-state index contributed by atoms with van der Waals surface area (Å²) >= 11 is 0. The number of rotatable bonds is 6. The van der Waals surface area contributed by atoms with Crippen LogP contribution < -0.4 is 4.74 Å². The molecule has 186 valence electrons. The molecule has 6 heteroatoms. The molecule has 1 atom stereocenters. The fourth-order valence-corrected chi connectivity index (χ4v) is 4.91. The maximum Gasteiger partial charge on any atom is 0.295 e. The fraction of sp³-hybridized carbons (Fsp3) is 0.161. The topological polar surface area (TPSA) is 66.8 Å². The molecule has 0 aliphatic carbocycles. The normalized spacial score (nSPS) is 16.9. The summed E-state index contributed by atoms with van der Waals surface area (Å²) in [5, 5.41) is 13.3. The Morgan fingerprint density at radius 3 is 2.43 bits per heavy atom. The lowest BCUT2D eigenvalue weighted by atomic mass is 9.91. The van der Waals surface area contributed by atoms with Crippen molar-refractivity contribution in [2.45, 2.75) is 26.4 Å². The molecule has 0 aromatic heterocycles. The first-order valence-corrected chi connectivity index (χ1v) is 12.1. The van der Waals surface area contributed by atoms with Crippen molar-refractivity contribution in [3.05, 3.63) is 119 Å². The second-order valence-corrected chi connectivity index (χ2v) is 9.04. The van der Waals surface area contributed by atoms with E-state index in [4.69, 9.17) is 4.74 Å². The number of ether oxygens (including phenoxy) is 1. The minimum Gasteiger partial charge on any atom is -0.507 e. The number of carbonyl (C=O) groups excluding carboxylic acids is 2. The zero-order chi connectivity index (χ0) is 26.1. The Hall–Kier alpha value is -4.45. The largest absolute Gasteiger partial charge is 0.507 e. The third-order valence-corrected chi connectivity index (χ3v) is 6.67. The Kier molecular flexibility index (Phi) is 6.49. The minimum atomic E-state index is -0.831. The van der Waals surface area contributed by atoms with E-state index in [9.17, 15) is 19.1 Å². The summed E-state index contributed by atoms with van der Waals surface area (Å²) in [6, 6.07) is 23.6. The fourth-order valence-electron chi connectivity index (χ4n) is 4.91. The molecule has 1 amide bonds. The summed E-state index contributed by atoms with van der Waals surface area (Å²) in [5.74, 6) is -1.43. The molecule has 1 aliphatic heterocycles. The molecule has 0 spiro atoms. The smallest absolute Gasteiger partial charge is 0.295 e. The van der Waals surface area contributed by atoms with Crippen molar-refractivity contribution >= 4 is 28.2 Å². The van der Waals surface area contributed by atoms with Crippen LogP contribution in [0.3, 0.4) is 0 Å². The maximum atomic E-state index is 13.5. The van der Waals surface area contributed by atoms with Gasteiger partial charge in [-0.3, -0.25) is 9.59 Å². The van der Waals surface area contributed by atoms with Gasteiger partial charge in [0.15, 0.2) is 0 Å². The summed E-state index contributed by atoms with van der Waals surface area (Å²) in [6.07, 6.45) is 0. The van der Waals surface area contributed by atoms with Crippen LogP contribution in [-0.2, 0) is 16.1 Å². The number of hydrogen-bond acceptors (Lipinski definition) is 4. The number of likely N-dealkylation sites (tertiary alicyclic amines) is 1. The van der Waals surface area contributed by atoms with Crippen LogP contribution in [0.5, 0.6) is 5.75 Å². The average Bonchev–Trinajstić information content (AvgIpc) is 3.15. The highest BCUT2D eigenvalue weighted by Crippen LogP contribution is 2.43. The van der Waals surface area contributed by atoms with Gasteiger partial charge < -0.3 is 14.7 Å². The van der Waals surface area contributed by atoms with Gasteiger partial charge in [0.2, 0.25) is 0 Å². The van der Waals surface area contributed by atoms with Gasteiger partial charge >= 0.3 is 0 Å². The predicted molar refractivity (Wildman–Crippen MR) is 141 cm³/mol. The first-order chi connectivity index (χ1) is 17.9. The number of aliphatic hydroxyl groups excluding tert-OH is 1. The van der Waals surface area contributed by atoms with Gasteiger partial charge in [-0.25, -0.2) is 4.39 Å². The zero-order valence-corrected chi connectivity index (χ0v) is 20.6. The number of ketones is 1. The SMILES string of the molecule is CCOc1ccc(/C(O)=C2/C(=O)C(=O)N(Cc3ccc(F)cc3)C2c2cccc3ccccc23)cc1C. The van der Waals surface area contributed by atoms with Gasteiger partial charge in [0, 0.05) is 12.1 Å². The number of hydrogen-bond donors (Lipinski definition) is 1. The standard InChI is InChI=1S/C31H26FNO4/c1-3-37-26-16-13-22(17-19(26)2)29(34)27-28(25-10-6-8-21-7-4-5-9-24(21)25)33(31(36)30(27)35)18-20-11-14-23(32)15-12-20/h4-17,28,34H,3,18H2,1-2H3/b29-27-. The van der Waals surface area contributed by atoms with E-state index in [1.807, 2.05) is 56.3 Å². The molecule has 4 aromatic rings. The van der Waals surface area contributed by atoms with E-state index in [2.05, 4.69) is 0 Å². The van der Waals surface area contributed by atoms with Crippen molar-refractivity contribution in [1.29, 1.82) is 0 Å². The van der Waals surface area contributed by atoms with Crippen molar-refractivity contribution in [2.75, 3.05) is 6.61 Å². The molecule has 1 aliphatic rings. The number of nitrogens with zero attached hydrogens (tertiary/aromatic N) is 1. The highest BCUT2D eigenvalue weighted by Gasteiger charge is 2.46. The van der Waals surface area contributed by atoms with Crippen LogP contribution in [0.2, 0.25) is 0 Å². The van der Waals surface area contributed by atoms with Crippen LogP contribution in [0.1, 0.15) is 35.2 Å². The van der Waals surface area contributed by atoms with E-state index in [1.165, 1.54) is 17.0 Å². The van der Waals surface area contributed by atoms with Crippen LogP contribution in [0.4, 0.5) is 4.39 Å². The Balaban J connectivity index is 1.70. The number of aryl methyl sites for hydroxylation is 1. The van der Waals surface area contributed by atoms with Crippen LogP contribution in [0, 0.1) is 12.7 Å². The van der Waals surface area contributed by atoms with Gasteiger partial charge in [-0.2, -0.15) is 0 Å². The van der Waals surface area contributed by atoms with Crippen molar-refractivity contribution in [2.24, 2.45) is 0 Å². The third kappa shape index (κ3) is 4.47. The first-order valence-electron chi connectivity index (χ1n) is 12.1. The molecule has 1 heterocycles. The van der Waals surface area contributed by atoms with Crippen molar-refractivity contribution in [1.82, 2.24) is 4.90 Å². The van der Waals surface area contributed by atoms with Crippen LogP contribution in [0.15, 0.2) is 90.5 Å². The van der Waals surface area contributed by atoms with E-state index in [0.29, 0.717) is 23.5 Å². The van der Waals surface area contributed by atoms with Crippen LogP contribution in [-0.4, -0.2) is 28.3 Å². The molecule has 0 bridgehead atoms. The van der Waals surface area contributed by atoms with Gasteiger partial charge in [0.25, 0.3) is 11.7 Å². The second-order valence-electron chi connectivity index (χ2n) is 9.04. The summed E-state index contributed by atoms with van der Waals surface area (Å²) in [7, 11) is 0. The Morgan fingerprint density at radius 2 is 1.70 bits per heavy atom. The molecule has 5 nitrogen and oxygen atoms in total. The third-order valence-electron chi connectivity index (χ3n) is 6.67. The van der Waals surface area contributed by atoms with Crippen molar-refractivity contribution in [3.8, 4) is 5.75 Å². The highest BCUT2D eigenvalue weighted by molar-refractivity contribution is 6.46. The van der Waals surface area contributed by atoms with Crippen LogP contribution in [0.25, 0.3) is 16.5 Å². The van der Waals surface area contributed by atoms with E-state index in [1.54, 1.807) is 30.3 Å². The molecule has 1 saturated heterocycles. The van der Waals surface area contributed by atoms with Crippen molar-refractivity contribution in [3.63, 3.8) is 0 Å². The summed E-state index contributed by atoms with van der Waals surface area (Å²) in [4.78, 5) is 28.3. The number of carbonyl (C=O) groups is 2.